The summed E-state index contributed by atoms with van der Waals surface area (Å²) in [5.74, 6) is 0.210. The van der Waals surface area contributed by atoms with Crippen LogP contribution in [0.4, 0.5) is 0 Å². The lowest BCUT2D eigenvalue weighted by atomic mass is 10.1. The Balaban J connectivity index is 1.71. The van der Waals surface area contributed by atoms with Crippen molar-refractivity contribution in [2.75, 3.05) is 26.4 Å². The average molecular weight is 437 g/mol. The van der Waals surface area contributed by atoms with Crippen molar-refractivity contribution < 1.29 is 28.5 Å². The minimum Gasteiger partial charge on any atom is -0.489 e. The molecule has 0 atom stereocenters. The van der Waals surface area contributed by atoms with Gasteiger partial charge in [0, 0.05) is 25.0 Å². The summed E-state index contributed by atoms with van der Waals surface area (Å²) in [7, 11) is 0. The fraction of sp³-hybridized carbons (Fsp3) is 0.231. The summed E-state index contributed by atoms with van der Waals surface area (Å²) in [6.45, 7) is 8.37. The van der Waals surface area contributed by atoms with Crippen LogP contribution in [0.1, 0.15) is 11.1 Å². The minimum atomic E-state index is -0.616. The van der Waals surface area contributed by atoms with E-state index in [1.54, 1.807) is 12.2 Å². The van der Waals surface area contributed by atoms with E-state index < -0.39 is 11.9 Å². The predicted octanol–water partition coefficient (Wildman–Crippen LogP) is 4.24. The molecule has 0 N–H and O–H groups in total. The van der Waals surface area contributed by atoms with Gasteiger partial charge in [-0.2, -0.15) is 0 Å². The Morgan fingerprint density at radius 3 is 1.50 bits per heavy atom. The fourth-order valence-electron chi connectivity index (χ4n) is 2.76. The Morgan fingerprint density at radius 1 is 0.688 bits per heavy atom. The summed E-state index contributed by atoms with van der Waals surface area (Å²) in [6, 6.07) is 15.0. The average Bonchev–Trinajstić information content (AvgIpc) is 2.81. The minimum absolute atomic E-state index is 0.161. The molecule has 2 aromatic rings. The maximum atomic E-state index is 11.8. The second-order valence-electron chi connectivity index (χ2n) is 6.58. The monoisotopic (exact) mass is 436 g/mol. The molecule has 0 unspecified atom stereocenters. The highest BCUT2D eigenvalue weighted by molar-refractivity contribution is 5.91. The molecular weight excluding hydrogens is 408 g/mol. The van der Waals surface area contributed by atoms with E-state index in [2.05, 4.69) is 13.2 Å². The van der Waals surface area contributed by atoms with Gasteiger partial charge in [-0.15, -0.1) is 0 Å². The Morgan fingerprint density at radius 2 is 1.09 bits per heavy atom. The van der Waals surface area contributed by atoms with E-state index in [1.165, 1.54) is 0 Å². The van der Waals surface area contributed by atoms with Crippen molar-refractivity contribution in [2.24, 2.45) is 0 Å². The predicted molar refractivity (Wildman–Crippen MR) is 123 cm³/mol. The maximum absolute atomic E-state index is 11.8. The third-order valence-electron chi connectivity index (χ3n) is 4.25. The Kier molecular flexibility index (Phi) is 10.9. The second kappa shape index (κ2) is 14.2. The number of hydrogen-bond donors (Lipinski definition) is 0. The molecule has 2 aromatic carbocycles. The first-order valence-electron chi connectivity index (χ1n) is 10.3. The molecule has 0 amide bonds. The van der Waals surface area contributed by atoms with E-state index in [0.29, 0.717) is 26.1 Å². The van der Waals surface area contributed by atoms with Gasteiger partial charge in [0.05, 0.1) is 13.2 Å². The molecule has 168 valence electrons. The van der Waals surface area contributed by atoms with Crippen molar-refractivity contribution in [1.82, 2.24) is 0 Å². The van der Waals surface area contributed by atoms with E-state index in [0.717, 1.165) is 34.8 Å². The molecular formula is C26H28O6. The molecule has 0 aliphatic rings. The van der Waals surface area contributed by atoms with Gasteiger partial charge in [-0.1, -0.05) is 61.7 Å². The highest BCUT2D eigenvalue weighted by Crippen LogP contribution is 2.19. The lowest BCUT2D eigenvalue weighted by Crippen LogP contribution is -2.09. The van der Waals surface area contributed by atoms with E-state index >= 15 is 0 Å². The molecule has 0 aliphatic carbocycles. The number of carbonyl (C=O) groups excluding carboxylic acids is 2. The van der Waals surface area contributed by atoms with E-state index in [4.69, 9.17) is 18.9 Å². The lowest BCUT2D eigenvalue weighted by molar-refractivity contribution is -0.140. The quantitative estimate of drug-likeness (QED) is 0.251. The first-order chi connectivity index (χ1) is 15.6. The summed E-state index contributed by atoms with van der Waals surface area (Å²) in [4.78, 5) is 23.7. The summed E-state index contributed by atoms with van der Waals surface area (Å²) in [6.07, 6.45) is 6.43. The molecule has 0 aromatic heterocycles. The molecule has 0 heterocycles. The fourth-order valence-corrected chi connectivity index (χ4v) is 2.76. The van der Waals surface area contributed by atoms with Crippen LogP contribution in [0.15, 0.2) is 86.0 Å². The van der Waals surface area contributed by atoms with Gasteiger partial charge in [0.15, 0.2) is 0 Å². The molecule has 6 nitrogen and oxygen atoms in total. The van der Waals surface area contributed by atoms with Crippen LogP contribution in [0, 0.1) is 0 Å². The van der Waals surface area contributed by atoms with Gasteiger partial charge >= 0.3 is 11.9 Å². The Bertz CT molecular complexity index is 856. The standard InChI is InChI=1S/C26H28O6/c1-3-17-29-23-11-7-5-9-21(23)15-19-31-25(27)13-14-26(28)32-20-16-22-10-6-8-12-24(22)30-18-4-2/h3-14H,1-2,15-20H2. The van der Waals surface area contributed by atoms with Crippen LogP contribution < -0.4 is 9.47 Å². The zero-order valence-electron chi connectivity index (χ0n) is 18.0. The number of carbonyl (C=O) groups is 2. The summed E-state index contributed by atoms with van der Waals surface area (Å²) < 4.78 is 21.4. The molecule has 0 saturated heterocycles. The van der Waals surface area contributed by atoms with Gasteiger partial charge in [-0.25, -0.2) is 9.59 Å². The van der Waals surface area contributed by atoms with E-state index in [9.17, 15) is 9.59 Å². The number of benzene rings is 2. The normalized spacial score (nSPS) is 10.4. The van der Waals surface area contributed by atoms with Crippen molar-refractivity contribution >= 4 is 11.9 Å². The summed E-state index contributed by atoms with van der Waals surface area (Å²) in [5.41, 5.74) is 1.84. The molecule has 32 heavy (non-hydrogen) atoms. The lowest BCUT2D eigenvalue weighted by Gasteiger charge is -2.10. The van der Waals surface area contributed by atoms with Crippen molar-refractivity contribution in [1.29, 1.82) is 0 Å². The number of para-hydroxylation sites is 2. The molecule has 6 heteroatoms. The van der Waals surface area contributed by atoms with Crippen LogP contribution in [-0.2, 0) is 31.9 Å². The first kappa shape index (κ1) is 24.5. The third kappa shape index (κ3) is 8.92. The van der Waals surface area contributed by atoms with Crippen LogP contribution in [0.25, 0.3) is 0 Å². The van der Waals surface area contributed by atoms with Crippen LogP contribution in [0.3, 0.4) is 0 Å². The van der Waals surface area contributed by atoms with Crippen LogP contribution in [0.5, 0.6) is 11.5 Å². The van der Waals surface area contributed by atoms with Gasteiger partial charge in [0.25, 0.3) is 0 Å². The smallest absolute Gasteiger partial charge is 0.331 e. The van der Waals surface area contributed by atoms with Crippen molar-refractivity contribution in [2.45, 2.75) is 12.8 Å². The zero-order chi connectivity index (χ0) is 23.0. The molecule has 0 radical (unpaired) electrons. The maximum Gasteiger partial charge on any atom is 0.331 e. The van der Waals surface area contributed by atoms with E-state index in [1.807, 2.05) is 48.5 Å². The Hall–Kier alpha value is -3.80. The van der Waals surface area contributed by atoms with Gasteiger partial charge in [-0.05, 0) is 23.3 Å². The van der Waals surface area contributed by atoms with Crippen molar-refractivity contribution in [3.05, 3.63) is 97.1 Å². The van der Waals surface area contributed by atoms with E-state index in [-0.39, 0.29) is 13.2 Å². The van der Waals surface area contributed by atoms with Crippen molar-refractivity contribution in [3.63, 3.8) is 0 Å². The topological polar surface area (TPSA) is 71.1 Å². The van der Waals surface area contributed by atoms with Gasteiger partial charge < -0.3 is 18.9 Å². The molecule has 0 bridgehead atoms. The highest BCUT2D eigenvalue weighted by atomic mass is 16.5. The second-order valence-corrected chi connectivity index (χ2v) is 6.58. The van der Waals surface area contributed by atoms with Gasteiger partial charge in [0.2, 0.25) is 0 Å². The number of esters is 2. The third-order valence-corrected chi connectivity index (χ3v) is 4.25. The molecule has 0 spiro atoms. The van der Waals surface area contributed by atoms with Gasteiger partial charge in [0.1, 0.15) is 24.7 Å². The largest absolute Gasteiger partial charge is 0.489 e. The van der Waals surface area contributed by atoms with Gasteiger partial charge in [-0.3, -0.25) is 0 Å². The SMILES string of the molecule is C=CCOc1ccccc1CCOC(=O)C=CC(=O)OCCc1ccccc1OCC=C. The van der Waals surface area contributed by atoms with Crippen LogP contribution in [-0.4, -0.2) is 38.4 Å². The van der Waals surface area contributed by atoms with Crippen LogP contribution >= 0.6 is 0 Å². The zero-order valence-corrected chi connectivity index (χ0v) is 18.0. The molecule has 0 saturated carbocycles. The number of hydrogen-bond acceptors (Lipinski definition) is 6. The first-order valence-corrected chi connectivity index (χ1v) is 10.3. The molecule has 0 fully saturated rings. The highest BCUT2D eigenvalue weighted by Gasteiger charge is 2.07. The van der Waals surface area contributed by atoms with Crippen LogP contribution in [0.2, 0.25) is 0 Å². The molecule has 2 rings (SSSR count). The number of ether oxygens (including phenoxy) is 4. The number of rotatable bonds is 14. The molecule has 0 aliphatic heterocycles. The van der Waals surface area contributed by atoms with Crippen molar-refractivity contribution in [3.8, 4) is 11.5 Å². The summed E-state index contributed by atoms with van der Waals surface area (Å²) in [5, 5.41) is 0. The Labute approximate surface area is 188 Å². The summed E-state index contributed by atoms with van der Waals surface area (Å²) >= 11 is 0.